The molecule has 20 heavy (non-hydrogen) atoms. The molecule has 0 N–H and O–H groups in total. The fraction of sp³-hybridized carbons (Fsp3) is 0.600. The van der Waals surface area contributed by atoms with Crippen molar-refractivity contribution >= 4 is 23.4 Å². The minimum atomic E-state index is -0.374. The van der Waals surface area contributed by atoms with Crippen LogP contribution in [0.15, 0.2) is 6.07 Å². The van der Waals surface area contributed by atoms with E-state index in [0.717, 1.165) is 18.8 Å². The van der Waals surface area contributed by atoms with Crippen molar-refractivity contribution < 1.29 is 9.53 Å². The summed E-state index contributed by atoms with van der Waals surface area (Å²) in [6.45, 7) is 3.77. The van der Waals surface area contributed by atoms with Gasteiger partial charge in [0.05, 0.1) is 17.8 Å². The zero-order chi connectivity index (χ0) is 14.3. The number of carbonyl (C=O) groups excluding carboxylic acids is 1. The van der Waals surface area contributed by atoms with Gasteiger partial charge in [0.15, 0.2) is 0 Å². The van der Waals surface area contributed by atoms with E-state index < -0.39 is 0 Å². The molecule has 1 aliphatic carbocycles. The number of ether oxygens (including phenoxy) is 1. The Morgan fingerprint density at radius 3 is 2.55 bits per heavy atom. The van der Waals surface area contributed by atoms with Gasteiger partial charge >= 0.3 is 5.97 Å². The Hall–Kier alpha value is -1.29. The highest BCUT2D eigenvalue weighted by molar-refractivity contribution is 6.31. The van der Waals surface area contributed by atoms with Gasteiger partial charge in [-0.25, -0.2) is 9.78 Å². The molecule has 1 saturated carbocycles. The number of esters is 1. The van der Waals surface area contributed by atoms with Gasteiger partial charge in [0.25, 0.3) is 0 Å². The number of nitrogens with zero attached hydrogens (tertiary/aromatic N) is 2. The maximum absolute atomic E-state index is 11.9. The van der Waals surface area contributed by atoms with Crippen LogP contribution in [0.5, 0.6) is 0 Å². The zero-order valence-electron chi connectivity index (χ0n) is 11.9. The van der Waals surface area contributed by atoms with E-state index in [1.54, 1.807) is 6.07 Å². The highest BCUT2D eigenvalue weighted by Crippen LogP contribution is 2.54. The van der Waals surface area contributed by atoms with E-state index >= 15 is 0 Å². The molecule has 2 aliphatic rings. The molecule has 1 saturated heterocycles. The van der Waals surface area contributed by atoms with E-state index in [4.69, 9.17) is 16.3 Å². The van der Waals surface area contributed by atoms with Crippen molar-refractivity contribution in [1.82, 2.24) is 4.98 Å². The molecule has 0 radical (unpaired) electrons. The van der Waals surface area contributed by atoms with Crippen LogP contribution in [-0.4, -0.2) is 31.2 Å². The first kappa shape index (κ1) is 13.7. The molecule has 0 bridgehead atoms. The predicted octanol–water partition coefficient (Wildman–Crippen LogP) is 3.21. The largest absolute Gasteiger partial charge is 0.465 e. The molecule has 108 valence electrons. The van der Waals surface area contributed by atoms with Crippen molar-refractivity contribution in [3.05, 3.63) is 22.3 Å². The van der Waals surface area contributed by atoms with E-state index in [2.05, 4.69) is 9.88 Å². The number of methoxy groups -OCH3 is 1. The van der Waals surface area contributed by atoms with E-state index in [1.807, 2.05) is 6.92 Å². The summed E-state index contributed by atoms with van der Waals surface area (Å²) in [5.74, 6) is 0.343. The number of carbonyl (C=O) groups is 1. The number of aromatic nitrogens is 1. The molecule has 2 fully saturated rings. The fourth-order valence-electron chi connectivity index (χ4n) is 2.94. The summed E-state index contributed by atoms with van der Waals surface area (Å²) >= 11 is 6.09. The SMILES string of the molecule is COC(=O)c1cc(Cl)c(C)nc1N1CCC2(CC1)CC2. The normalized spacial score (nSPS) is 20.1. The molecule has 3 rings (SSSR count). The van der Waals surface area contributed by atoms with Gasteiger partial charge in [-0.1, -0.05) is 11.6 Å². The van der Waals surface area contributed by atoms with Crippen LogP contribution in [0.1, 0.15) is 41.7 Å². The van der Waals surface area contributed by atoms with Crippen molar-refractivity contribution in [3.63, 3.8) is 0 Å². The first-order valence-electron chi connectivity index (χ1n) is 7.05. The molecule has 2 heterocycles. The van der Waals surface area contributed by atoms with Gasteiger partial charge in [0, 0.05) is 13.1 Å². The number of anilines is 1. The quantitative estimate of drug-likeness (QED) is 0.786. The molecule has 1 aromatic rings. The predicted molar refractivity (Wildman–Crippen MR) is 78.4 cm³/mol. The monoisotopic (exact) mass is 294 g/mol. The lowest BCUT2D eigenvalue weighted by Crippen LogP contribution is -2.36. The number of aryl methyl sites for hydroxylation is 1. The molecule has 0 atom stereocenters. The molecule has 1 aliphatic heterocycles. The number of pyridine rings is 1. The van der Waals surface area contributed by atoms with Gasteiger partial charge in [-0.3, -0.25) is 0 Å². The van der Waals surface area contributed by atoms with Crippen molar-refractivity contribution in [1.29, 1.82) is 0 Å². The van der Waals surface area contributed by atoms with Crippen molar-refractivity contribution in [2.45, 2.75) is 32.6 Å². The molecule has 4 nitrogen and oxygen atoms in total. The van der Waals surface area contributed by atoms with Crippen LogP contribution in [0.4, 0.5) is 5.82 Å². The molecular formula is C15H19ClN2O2. The number of hydrogen-bond donors (Lipinski definition) is 0. The first-order chi connectivity index (χ1) is 9.54. The molecule has 1 aromatic heterocycles. The summed E-state index contributed by atoms with van der Waals surface area (Å²) in [7, 11) is 1.38. The average molecular weight is 295 g/mol. The smallest absolute Gasteiger partial charge is 0.341 e. The minimum absolute atomic E-state index is 0.374. The second-order valence-electron chi connectivity index (χ2n) is 5.91. The summed E-state index contributed by atoms with van der Waals surface area (Å²) in [6.07, 6.45) is 5.10. The number of rotatable bonds is 2. The van der Waals surface area contributed by atoms with Crippen molar-refractivity contribution in [2.75, 3.05) is 25.1 Å². The standard InChI is InChI=1S/C15H19ClN2O2/c1-10-12(16)9-11(14(19)20-2)13(17-10)18-7-5-15(3-4-15)6-8-18/h9H,3-8H2,1-2H3. The molecule has 0 amide bonds. The number of hydrogen-bond acceptors (Lipinski definition) is 4. The maximum Gasteiger partial charge on any atom is 0.341 e. The van der Waals surface area contributed by atoms with Crippen LogP contribution in [0.25, 0.3) is 0 Å². The van der Waals surface area contributed by atoms with E-state index in [0.29, 0.717) is 21.8 Å². The Balaban J connectivity index is 1.91. The Bertz CT molecular complexity index is 545. The Labute approximate surface area is 124 Å². The first-order valence-corrected chi connectivity index (χ1v) is 7.43. The zero-order valence-corrected chi connectivity index (χ0v) is 12.7. The van der Waals surface area contributed by atoms with E-state index in [1.165, 1.54) is 32.8 Å². The van der Waals surface area contributed by atoms with Gasteiger partial charge in [-0.2, -0.15) is 0 Å². The Kier molecular flexibility index (Phi) is 3.36. The van der Waals surface area contributed by atoms with Crippen LogP contribution in [0.3, 0.4) is 0 Å². The van der Waals surface area contributed by atoms with Crippen molar-refractivity contribution in [3.8, 4) is 0 Å². The Morgan fingerprint density at radius 2 is 2.00 bits per heavy atom. The van der Waals surface area contributed by atoms with Gasteiger partial charge in [-0.05, 0) is 44.1 Å². The highest BCUT2D eigenvalue weighted by atomic mass is 35.5. The number of piperidine rings is 1. The van der Waals surface area contributed by atoms with Gasteiger partial charge in [-0.15, -0.1) is 0 Å². The van der Waals surface area contributed by atoms with Crippen molar-refractivity contribution in [2.24, 2.45) is 5.41 Å². The van der Waals surface area contributed by atoms with Gasteiger partial charge < -0.3 is 9.64 Å². The lowest BCUT2D eigenvalue weighted by atomic mass is 9.93. The van der Waals surface area contributed by atoms with E-state index in [-0.39, 0.29) is 5.97 Å². The molecule has 5 heteroatoms. The summed E-state index contributed by atoms with van der Waals surface area (Å²) in [6, 6.07) is 1.67. The summed E-state index contributed by atoms with van der Waals surface area (Å²) in [5, 5.41) is 0.504. The van der Waals surface area contributed by atoms with Crippen LogP contribution in [0, 0.1) is 12.3 Å². The van der Waals surface area contributed by atoms with Crippen LogP contribution in [-0.2, 0) is 4.74 Å². The van der Waals surface area contributed by atoms with Crippen LogP contribution < -0.4 is 4.90 Å². The third-order valence-corrected chi connectivity index (χ3v) is 5.00. The molecule has 1 spiro atoms. The summed E-state index contributed by atoms with van der Waals surface area (Å²) < 4.78 is 4.85. The lowest BCUT2D eigenvalue weighted by molar-refractivity contribution is 0.0601. The fourth-order valence-corrected chi connectivity index (χ4v) is 3.09. The average Bonchev–Trinajstić information content (AvgIpc) is 3.21. The highest BCUT2D eigenvalue weighted by Gasteiger charge is 2.44. The third kappa shape index (κ3) is 2.37. The maximum atomic E-state index is 11.9. The topological polar surface area (TPSA) is 42.4 Å². The molecule has 0 aromatic carbocycles. The molecular weight excluding hydrogens is 276 g/mol. The molecule has 0 unspecified atom stereocenters. The summed E-state index contributed by atoms with van der Waals surface area (Å²) in [5.41, 5.74) is 1.82. The third-order valence-electron chi connectivity index (χ3n) is 4.62. The van der Waals surface area contributed by atoms with Gasteiger partial charge in [0.1, 0.15) is 11.4 Å². The van der Waals surface area contributed by atoms with E-state index in [9.17, 15) is 4.79 Å². The second kappa shape index (κ2) is 4.92. The number of halogens is 1. The minimum Gasteiger partial charge on any atom is -0.465 e. The Morgan fingerprint density at radius 1 is 1.35 bits per heavy atom. The van der Waals surface area contributed by atoms with Crippen LogP contribution in [0.2, 0.25) is 5.02 Å². The second-order valence-corrected chi connectivity index (χ2v) is 6.31. The van der Waals surface area contributed by atoms with Crippen LogP contribution >= 0.6 is 11.6 Å². The summed E-state index contributed by atoms with van der Waals surface area (Å²) in [4.78, 5) is 18.7. The van der Waals surface area contributed by atoms with Gasteiger partial charge in [0.2, 0.25) is 0 Å². The lowest BCUT2D eigenvalue weighted by Gasteiger charge is -2.34.